The van der Waals surface area contributed by atoms with Gasteiger partial charge >= 0.3 is 0 Å². The minimum atomic E-state index is -1.00. The Hall–Kier alpha value is -1.04. The molecule has 2 unspecified atom stereocenters. The van der Waals surface area contributed by atoms with Gasteiger partial charge in [-0.2, -0.15) is 0 Å². The molecule has 0 spiro atoms. The van der Waals surface area contributed by atoms with Crippen LogP contribution in [0.15, 0.2) is 12.1 Å². The summed E-state index contributed by atoms with van der Waals surface area (Å²) in [6, 6.07) is 3.58. The standard InChI is InChI=1S/C14H20O4S/c1-8-5-11(6-9(2)14(8)18-4)13(17)12(16)7-19-10(3)15/h5-6,12-13,16-17H,7H2,1-4H3. The fourth-order valence-corrected chi connectivity index (χ4v) is 2.58. The quantitative estimate of drug-likeness (QED) is 0.865. The van der Waals surface area contributed by atoms with Crippen LogP contribution in [0.2, 0.25) is 0 Å². The summed E-state index contributed by atoms with van der Waals surface area (Å²) in [6.45, 7) is 5.21. The third-order valence-electron chi connectivity index (χ3n) is 2.85. The molecule has 2 atom stereocenters. The highest BCUT2D eigenvalue weighted by molar-refractivity contribution is 8.13. The molecule has 19 heavy (non-hydrogen) atoms. The normalized spacial score (nSPS) is 14.0. The maximum Gasteiger partial charge on any atom is 0.185 e. The first kappa shape index (κ1) is 16.0. The van der Waals surface area contributed by atoms with E-state index >= 15 is 0 Å². The Labute approximate surface area is 117 Å². The molecule has 0 fully saturated rings. The Balaban J connectivity index is 2.87. The molecule has 2 N–H and O–H groups in total. The van der Waals surface area contributed by atoms with E-state index in [1.807, 2.05) is 13.8 Å². The molecule has 0 saturated carbocycles. The summed E-state index contributed by atoms with van der Waals surface area (Å²) in [6.07, 6.45) is -1.98. The molecule has 0 saturated heterocycles. The van der Waals surface area contributed by atoms with Crippen molar-refractivity contribution in [3.63, 3.8) is 0 Å². The van der Waals surface area contributed by atoms with Crippen LogP contribution < -0.4 is 4.74 Å². The monoisotopic (exact) mass is 284 g/mol. The van der Waals surface area contributed by atoms with Crippen LogP contribution in [0.25, 0.3) is 0 Å². The second-order valence-corrected chi connectivity index (χ2v) is 5.70. The van der Waals surface area contributed by atoms with Crippen molar-refractivity contribution in [1.82, 2.24) is 0 Å². The second kappa shape index (κ2) is 6.93. The number of benzene rings is 1. The second-order valence-electron chi connectivity index (χ2n) is 4.50. The summed E-state index contributed by atoms with van der Waals surface area (Å²) in [5.74, 6) is 0.962. The average molecular weight is 284 g/mol. The van der Waals surface area contributed by atoms with Crippen molar-refractivity contribution in [3.8, 4) is 5.75 Å². The Bertz CT molecular complexity index is 436. The van der Waals surface area contributed by atoms with Crippen LogP contribution in [-0.2, 0) is 4.79 Å². The van der Waals surface area contributed by atoms with Crippen LogP contribution in [0.4, 0.5) is 0 Å². The molecule has 1 rings (SSSR count). The van der Waals surface area contributed by atoms with E-state index in [4.69, 9.17) is 4.74 Å². The van der Waals surface area contributed by atoms with Gasteiger partial charge in [0.05, 0.1) is 13.2 Å². The van der Waals surface area contributed by atoms with Crippen molar-refractivity contribution in [2.45, 2.75) is 33.0 Å². The Morgan fingerprint density at radius 1 is 1.32 bits per heavy atom. The largest absolute Gasteiger partial charge is 0.496 e. The van der Waals surface area contributed by atoms with E-state index in [0.717, 1.165) is 28.6 Å². The van der Waals surface area contributed by atoms with Gasteiger partial charge in [0.15, 0.2) is 5.12 Å². The molecule has 0 aliphatic carbocycles. The number of thioether (sulfide) groups is 1. The molecule has 0 aliphatic heterocycles. The van der Waals surface area contributed by atoms with Crippen LogP contribution in [-0.4, -0.2) is 34.3 Å². The summed E-state index contributed by atoms with van der Waals surface area (Å²) < 4.78 is 5.26. The number of carbonyl (C=O) groups is 1. The number of ether oxygens (including phenoxy) is 1. The van der Waals surface area contributed by atoms with Gasteiger partial charge in [-0.3, -0.25) is 4.79 Å². The van der Waals surface area contributed by atoms with Crippen molar-refractivity contribution in [3.05, 3.63) is 28.8 Å². The van der Waals surface area contributed by atoms with Gasteiger partial charge in [0, 0.05) is 12.7 Å². The summed E-state index contributed by atoms with van der Waals surface area (Å²) in [5.41, 5.74) is 2.44. The van der Waals surface area contributed by atoms with Gasteiger partial charge < -0.3 is 14.9 Å². The molecule has 106 valence electrons. The zero-order chi connectivity index (χ0) is 14.6. The van der Waals surface area contributed by atoms with Crippen molar-refractivity contribution in [1.29, 1.82) is 0 Å². The zero-order valence-corrected chi connectivity index (χ0v) is 12.5. The van der Waals surface area contributed by atoms with Crippen molar-refractivity contribution in [2.75, 3.05) is 12.9 Å². The lowest BCUT2D eigenvalue weighted by Gasteiger charge is -2.19. The minimum Gasteiger partial charge on any atom is -0.496 e. The van der Waals surface area contributed by atoms with E-state index in [-0.39, 0.29) is 10.9 Å². The first-order valence-electron chi connectivity index (χ1n) is 6.01. The SMILES string of the molecule is COc1c(C)cc(C(O)C(O)CSC(C)=O)cc1C. The number of aliphatic hydroxyl groups is 2. The molecule has 0 bridgehead atoms. The molecule has 0 heterocycles. The van der Waals surface area contributed by atoms with E-state index in [0.29, 0.717) is 5.56 Å². The van der Waals surface area contributed by atoms with Gasteiger partial charge in [-0.15, -0.1) is 0 Å². The van der Waals surface area contributed by atoms with Crippen molar-refractivity contribution < 1.29 is 19.7 Å². The van der Waals surface area contributed by atoms with Crippen LogP contribution >= 0.6 is 11.8 Å². The zero-order valence-electron chi connectivity index (χ0n) is 11.6. The summed E-state index contributed by atoms with van der Waals surface area (Å²) >= 11 is 1.00. The number of aliphatic hydroxyl groups excluding tert-OH is 2. The van der Waals surface area contributed by atoms with E-state index in [1.54, 1.807) is 19.2 Å². The van der Waals surface area contributed by atoms with Crippen LogP contribution in [0.5, 0.6) is 5.75 Å². The first-order chi connectivity index (χ1) is 8.86. The van der Waals surface area contributed by atoms with Gasteiger partial charge in [-0.25, -0.2) is 0 Å². The number of methoxy groups -OCH3 is 1. The molecular weight excluding hydrogens is 264 g/mol. The summed E-state index contributed by atoms with van der Waals surface area (Å²) in [4.78, 5) is 10.9. The smallest absolute Gasteiger partial charge is 0.185 e. The topological polar surface area (TPSA) is 66.8 Å². The van der Waals surface area contributed by atoms with E-state index in [9.17, 15) is 15.0 Å². The summed E-state index contributed by atoms with van der Waals surface area (Å²) in [7, 11) is 1.60. The summed E-state index contributed by atoms with van der Waals surface area (Å²) in [5, 5.41) is 19.9. The van der Waals surface area contributed by atoms with Crippen molar-refractivity contribution >= 4 is 16.9 Å². The predicted octanol–water partition coefficient (Wildman–Crippen LogP) is 1.99. The highest BCUT2D eigenvalue weighted by Crippen LogP contribution is 2.29. The van der Waals surface area contributed by atoms with Crippen LogP contribution in [0.3, 0.4) is 0 Å². The molecular formula is C14H20O4S. The van der Waals surface area contributed by atoms with Gasteiger partial charge in [-0.05, 0) is 42.7 Å². The van der Waals surface area contributed by atoms with E-state index < -0.39 is 12.2 Å². The third kappa shape index (κ3) is 4.23. The predicted molar refractivity (Wildman–Crippen MR) is 76.6 cm³/mol. The molecule has 0 aromatic heterocycles. The Morgan fingerprint density at radius 2 is 1.84 bits per heavy atom. The Kier molecular flexibility index (Phi) is 5.85. The molecule has 0 aliphatic rings. The van der Waals surface area contributed by atoms with E-state index in [1.165, 1.54) is 6.92 Å². The average Bonchev–Trinajstić information content (AvgIpc) is 2.34. The number of hydrogen-bond donors (Lipinski definition) is 2. The number of carbonyl (C=O) groups excluding carboxylic acids is 1. The highest BCUT2D eigenvalue weighted by Gasteiger charge is 2.20. The molecule has 1 aromatic rings. The fraction of sp³-hybridized carbons (Fsp3) is 0.500. The lowest BCUT2D eigenvalue weighted by atomic mass is 9.99. The van der Waals surface area contributed by atoms with Gasteiger partial charge in [0.2, 0.25) is 0 Å². The van der Waals surface area contributed by atoms with Gasteiger partial charge in [0.25, 0.3) is 0 Å². The molecule has 0 amide bonds. The fourth-order valence-electron chi connectivity index (χ4n) is 1.99. The number of rotatable bonds is 5. The number of aryl methyl sites for hydroxylation is 2. The van der Waals surface area contributed by atoms with Gasteiger partial charge in [-0.1, -0.05) is 11.8 Å². The lowest BCUT2D eigenvalue weighted by molar-refractivity contribution is -0.109. The molecule has 4 nitrogen and oxygen atoms in total. The Morgan fingerprint density at radius 3 is 2.26 bits per heavy atom. The maximum absolute atomic E-state index is 10.9. The molecule has 0 radical (unpaired) electrons. The van der Waals surface area contributed by atoms with Crippen molar-refractivity contribution in [2.24, 2.45) is 0 Å². The highest BCUT2D eigenvalue weighted by atomic mass is 32.2. The maximum atomic E-state index is 10.9. The first-order valence-corrected chi connectivity index (χ1v) is 7.00. The van der Waals surface area contributed by atoms with E-state index in [2.05, 4.69) is 0 Å². The minimum absolute atomic E-state index is 0.0756. The molecule has 1 aromatic carbocycles. The lowest BCUT2D eigenvalue weighted by Crippen LogP contribution is -2.21. The molecule has 5 heteroatoms. The van der Waals surface area contributed by atoms with Gasteiger partial charge in [0.1, 0.15) is 11.9 Å². The van der Waals surface area contributed by atoms with Crippen LogP contribution in [0.1, 0.15) is 29.7 Å². The third-order valence-corrected chi connectivity index (χ3v) is 3.76. The van der Waals surface area contributed by atoms with Crippen LogP contribution in [0, 0.1) is 13.8 Å². The number of hydrogen-bond acceptors (Lipinski definition) is 5.